The number of halogens is 1. The summed E-state index contributed by atoms with van der Waals surface area (Å²) in [6.07, 6.45) is 0.272. The Balaban J connectivity index is 1.50. The van der Waals surface area contributed by atoms with Crippen molar-refractivity contribution in [3.05, 3.63) is 95.0 Å². The Morgan fingerprint density at radius 2 is 1.74 bits per heavy atom. The molecule has 0 aliphatic rings. The molecule has 39 heavy (non-hydrogen) atoms. The third kappa shape index (κ3) is 8.44. The molecule has 1 amide bonds. The fourth-order valence-electron chi connectivity index (χ4n) is 3.92. The maximum Gasteiger partial charge on any atom is 0.325 e. The van der Waals surface area contributed by atoms with Crippen LogP contribution in [0.25, 0.3) is 11.1 Å². The number of tetrazole rings is 1. The Kier molecular flexibility index (Phi) is 10.1. The van der Waals surface area contributed by atoms with Gasteiger partial charge in [-0.1, -0.05) is 83.4 Å². The van der Waals surface area contributed by atoms with E-state index in [0.29, 0.717) is 11.6 Å². The van der Waals surface area contributed by atoms with Crippen LogP contribution in [-0.4, -0.2) is 57.8 Å². The molecule has 0 radical (unpaired) electrons. The molecular formula is C28H29ClN6O4. The zero-order chi connectivity index (χ0) is 27.5. The maximum absolute atomic E-state index is 13.2. The minimum absolute atomic E-state index is 0.00736. The Hall–Kier alpha value is -4.12. The molecule has 0 spiro atoms. The second-order valence-electron chi connectivity index (χ2n) is 8.66. The number of hydrogen-bond acceptors (Lipinski definition) is 8. The number of esters is 1. The van der Waals surface area contributed by atoms with Gasteiger partial charge in [0.1, 0.15) is 6.04 Å². The molecule has 1 unspecified atom stereocenters. The van der Waals surface area contributed by atoms with E-state index < -0.39 is 24.0 Å². The number of aromatic amines is 1. The predicted octanol–water partition coefficient (Wildman–Crippen LogP) is 3.81. The summed E-state index contributed by atoms with van der Waals surface area (Å²) in [5.74, 6) is -0.928. The molecule has 4 rings (SSSR count). The van der Waals surface area contributed by atoms with Gasteiger partial charge in [0.25, 0.3) is 5.95 Å². The van der Waals surface area contributed by atoms with E-state index in [4.69, 9.17) is 21.1 Å². The number of aromatic nitrogens is 4. The van der Waals surface area contributed by atoms with Gasteiger partial charge in [0.15, 0.2) is 0 Å². The first-order valence-corrected chi connectivity index (χ1v) is 12.8. The zero-order valence-electron chi connectivity index (χ0n) is 21.3. The van der Waals surface area contributed by atoms with Gasteiger partial charge < -0.3 is 9.47 Å². The van der Waals surface area contributed by atoms with Crippen molar-refractivity contribution in [1.82, 2.24) is 25.9 Å². The summed E-state index contributed by atoms with van der Waals surface area (Å²) in [5, 5.41) is 19.7. The fourth-order valence-corrected chi connectivity index (χ4v) is 4.11. The highest BCUT2D eigenvalue weighted by atomic mass is 35.5. The summed E-state index contributed by atoms with van der Waals surface area (Å²) >= 11 is 6.14. The van der Waals surface area contributed by atoms with E-state index in [1.165, 1.54) is 0 Å². The number of ether oxygens (including phenoxy) is 2. The van der Waals surface area contributed by atoms with Crippen LogP contribution in [0.4, 0.5) is 5.95 Å². The molecule has 3 N–H and O–H groups in total. The van der Waals surface area contributed by atoms with Gasteiger partial charge in [0, 0.05) is 5.02 Å². The molecule has 10 nitrogen and oxygen atoms in total. The molecule has 202 valence electrons. The lowest BCUT2D eigenvalue weighted by Crippen LogP contribution is -2.52. The number of H-pyrrole nitrogens is 1. The smallest absolute Gasteiger partial charge is 0.325 e. The number of rotatable bonds is 13. The molecule has 11 heteroatoms. The van der Waals surface area contributed by atoms with E-state index in [2.05, 4.69) is 31.3 Å². The second kappa shape index (κ2) is 14.1. The molecule has 4 aromatic rings. The maximum atomic E-state index is 13.2. The number of hydrogen-bond donors (Lipinski definition) is 3. The predicted molar refractivity (Wildman–Crippen MR) is 147 cm³/mol. The van der Waals surface area contributed by atoms with Crippen molar-refractivity contribution in [2.75, 3.05) is 18.5 Å². The molecule has 2 atom stereocenters. The summed E-state index contributed by atoms with van der Waals surface area (Å²) in [6, 6.07) is 23.2. The minimum Gasteiger partial charge on any atom is -0.465 e. The minimum atomic E-state index is -0.889. The number of carbonyl (C=O) groups is 2. The van der Waals surface area contributed by atoms with Crippen molar-refractivity contribution in [1.29, 1.82) is 0 Å². The summed E-state index contributed by atoms with van der Waals surface area (Å²) in [5.41, 5.74) is 3.80. The van der Waals surface area contributed by atoms with E-state index in [9.17, 15) is 9.59 Å². The van der Waals surface area contributed by atoms with Gasteiger partial charge in [0.05, 0.1) is 25.9 Å². The van der Waals surface area contributed by atoms with Gasteiger partial charge in [-0.15, -0.1) is 5.10 Å². The molecular weight excluding hydrogens is 520 g/mol. The van der Waals surface area contributed by atoms with Crippen LogP contribution in [0.1, 0.15) is 18.1 Å². The van der Waals surface area contributed by atoms with Gasteiger partial charge in [-0.2, -0.15) is 5.21 Å². The second-order valence-corrected chi connectivity index (χ2v) is 9.10. The van der Waals surface area contributed by atoms with Crippen LogP contribution in [0.3, 0.4) is 0 Å². The number of amides is 1. The molecule has 0 saturated heterocycles. The summed E-state index contributed by atoms with van der Waals surface area (Å²) in [4.78, 5) is 26.0. The average molecular weight is 549 g/mol. The highest BCUT2D eigenvalue weighted by molar-refractivity contribution is 6.30. The quantitative estimate of drug-likeness (QED) is 0.215. The number of benzene rings is 3. The molecule has 0 bridgehead atoms. The first kappa shape index (κ1) is 27.9. The van der Waals surface area contributed by atoms with Gasteiger partial charge in [0.2, 0.25) is 5.91 Å². The Bertz CT molecular complexity index is 1340. The van der Waals surface area contributed by atoms with Crippen molar-refractivity contribution in [2.45, 2.75) is 32.0 Å². The van der Waals surface area contributed by atoms with Crippen molar-refractivity contribution in [2.24, 2.45) is 0 Å². The number of carbonyl (C=O) groups excluding carboxylic acids is 2. The summed E-state index contributed by atoms with van der Waals surface area (Å²) in [7, 11) is 0. The van der Waals surface area contributed by atoms with Crippen LogP contribution in [0.15, 0.2) is 78.9 Å². The standard InChI is InChI=1S/C28H29ClN6O4/c1-2-39-27(37)25(18-38-17-20-7-4-3-5-8-20)30-24(26(36)31-28-32-34-35-33-28)15-19-11-13-21(14-12-19)22-9-6-10-23(29)16-22/h3-14,16,24-25,30H,2,15,17-18H2,1H3,(H2,31,32,33,34,35,36)/t24-,25?/m0/s1. The third-order valence-corrected chi connectivity index (χ3v) is 6.05. The van der Waals surface area contributed by atoms with E-state index in [1.807, 2.05) is 78.9 Å². The van der Waals surface area contributed by atoms with E-state index in [0.717, 1.165) is 22.3 Å². The van der Waals surface area contributed by atoms with Crippen LogP contribution in [-0.2, 0) is 32.1 Å². The van der Waals surface area contributed by atoms with Crippen LogP contribution in [0, 0.1) is 0 Å². The lowest BCUT2D eigenvalue weighted by molar-refractivity contribution is -0.147. The molecule has 1 aromatic heterocycles. The largest absolute Gasteiger partial charge is 0.465 e. The highest BCUT2D eigenvalue weighted by Crippen LogP contribution is 2.23. The van der Waals surface area contributed by atoms with Crippen molar-refractivity contribution in [3.8, 4) is 11.1 Å². The summed E-state index contributed by atoms with van der Waals surface area (Å²) in [6.45, 7) is 2.23. The van der Waals surface area contributed by atoms with Crippen LogP contribution in [0.5, 0.6) is 0 Å². The molecule has 1 heterocycles. The first-order chi connectivity index (χ1) is 19.0. The number of nitrogens with one attached hydrogen (secondary N) is 3. The molecule has 0 aliphatic heterocycles. The zero-order valence-corrected chi connectivity index (χ0v) is 22.1. The van der Waals surface area contributed by atoms with Crippen molar-refractivity contribution in [3.63, 3.8) is 0 Å². The van der Waals surface area contributed by atoms with Crippen molar-refractivity contribution < 1.29 is 19.1 Å². The Labute approximate surface area is 231 Å². The molecule has 0 saturated carbocycles. The van der Waals surface area contributed by atoms with Gasteiger partial charge >= 0.3 is 5.97 Å². The first-order valence-electron chi connectivity index (χ1n) is 12.5. The van der Waals surface area contributed by atoms with Crippen LogP contribution >= 0.6 is 11.6 Å². The monoisotopic (exact) mass is 548 g/mol. The van der Waals surface area contributed by atoms with Crippen LogP contribution < -0.4 is 10.6 Å². The van der Waals surface area contributed by atoms with Gasteiger partial charge in [-0.3, -0.25) is 20.2 Å². The lowest BCUT2D eigenvalue weighted by Gasteiger charge is -2.24. The molecule has 0 fully saturated rings. The molecule has 0 aliphatic carbocycles. The lowest BCUT2D eigenvalue weighted by atomic mass is 10.00. The van der Waals surface area contributed by atoms with Crippen LogP contribution in [0.2, 0.25) is 5.02 Å². The third-order valence-electron chi connectivity index (χ3n) is 5.82. The fraction of sp³-hybridized carbons (Fsp3) is 0.250. The van der Waals surface area contributed by atoms with Crippen molar-refractivity contribution >= 4 is 29.4 Å². The summed E-state index contributed by atoms with van der Waals surface area (Å²) < 4.78 is 11.1. The molecule has 3 aromatic carbocycles. The van der Waals surface area contributed by atoms with Gasteiger partial charge in [-0.25, -0.2) is 0 Å². The number of anilines is 1. The van der Waals surface area contributed by atoms with E-state index >= 15 is 0 Å². The van der Waals surface area contributed by atoms with Gasteiger partial charge in [-0.05, 0) is 52.9 Å². The highest BCUT2D eigenvalue weighted by Gasteiger charge is 2.28. The Morgan fingerprint density at radius 1 is 0.949 bits per heavy atom. The number of nitrogens with zero attached hydrogens (tertiary/aromatic N) is 3. The SMILES string of the molecule is CCOC(=O)C(COCc1ccccc1)N[C@@H](Cc1ccc(-c2cccc(Cl)c2)cc1)C(=O)Nc1nn[nH]n1. The van der Waals surface area contributed by atoms with E-state index in [1.54, 1.807) is 6.92 Å². The Morgan fingerprint density at radius 3 is 2.44 bits per heavy atom. The normalized spacial score (nSPS) is 12.5. The topological polar surface area (TPSA) is 131 Å². The average Bonchev–Trinajstić information content (AvgIpc) is 3.46. The van der Waals surface area contributed by atoms with E-state index in [-0.39, 0.29) is 25.6 Å².